The zero-order valence-electron chi connectivity index (χ0n) is 8.29. The molecule has 0 unspecified atom stereocenters. The van der Waals surface area contributed by atoms with Crippen LogP contribution in [0, 0.1) is 5.41 Å². The van der Waals surface area contributed by atoms with Crippen LogP contribution < -0.4 is 0 Å². The normalized spacial score (nSPS) is 10.5. The van der Waals surface area contributed by atoms with Gasteiger partial charge in [0.25, 0.3) is 0 Å². The lowest BCUT2D eigenvalue weighted by atomic mass is 10.0. The highest BCUT2D eigenvalue weighted by Crippen LogP contribution is 2.16. The molecule has 0 bridgehead atoms. The molecule has 0 radical (unpaired) electrons. The fourth-order valence-corrected chi connectivity index (χ4v) is 1.51. The van der Waals surface area contributed by atoms with E-state index in [4.69, 9.17) is 5.41 Å². The summed E-state index contributed by atoms with van der Waals surface area (Å²) >= 11 is 1.48. The molecular weight excluding hydrogens is 178 g/mol. The summed E-state index contributed by atoms with van der Waals surface area (Å²) in [6.45, 7) is 4.35. The van der Waals surface area contributed by atoms with Crippen LogP contribution in [0.3, 0.4) is 0 Å². The number of hydrogen-bond acceptors (Lipinski definition) is 2. The predicted octanol–water partition coefficient (Wildman–Crippen LogP) is 3.50. The summed E-state index contributed by atoms with van der Waals surface area (Å²) < 4.78 is 0. The van der Waals surface area contributed by atoms with E-state index in [1.165, 1.54) is 17.3 Å². The molecule has 2 heteroatoms. The van der Waals surface area contributed by atoms with Crippen molar-refractivity contribution in [3.8, 4) is 0 Å². The van der Waals surface area contributed by atoms with Crippen molar-refractivity contribution < 1.29 is 0 Å². The van der Waals surface area contributed by atoms with Crippen LogP contribution in [0.5, 0.6) is 0 Å². The number of benzene rings is 1. The van der Waals surface area contributed by atoms with Gasteiger partial charge in [-0.2, -0.15) is 0 Å². The van der Waals surface area contributed by atoms with Gasteiger partial charge in [0, 0.05) is 5.56 Å². The van der Waals surface area contributed by atoms with Crippen LogP contribution >= 0.6 is 11.8 Å². The molecule has 0 aliphatic rings. The standard InChI is InChI=1S/C11H15NS/c1-8(2)9-4-6-10(7-5-9)11(12)13-3/h4-8,12H,1-3H3. The molecule has 1 aromatic carbocycles. The largest absolute Gasteiger partial charge is 0.293 e. The average molecular weight is 193 g/mol. The first-order valence-electron chi connectivity index (χ1n) is 4.38. The van der Waals surface area contributed by atoms with E-state index in [2.05, 4.69) is 26.0 Å². The van der Waals surface area contributed by atoms with Gasteiger partial charge in [-0.3, -0.25) is 5.41 Å². The van der Waals surface area contributed by atoms with Crippen LogP contribution in [-0.2, 0) is 0 Å². The minimum Gasteiger partial charge on any atom is -0.293 e. The van der Waals surface area contributed by atoms with Crippen LogP contribution in [0.2, 0.25) is 0 Å². The molecule has 0 aromatic heterocycles. The van der Waals surface area contributed by atoms with E-state index in [0.717, 1.165) is 5.56 Å². The molecule has 0 heterocycles. The van der Waals surface area contributed by atoms with Gasteiger partial charge in [-0.25, -0.2) is 0 Å². The molecule has 0 fully saturated rings. The maximum atomic E-state index is 7.62. The summed E-state index contributed by atoms with van der Waals surface area (Å²) in [7, 11) is 0. The van der Waals surface area contributed by atoms with E-state index in [0.29, 0.717) is 11.0 Å². The Balaban J connectivity index is 2.87. The number of nitrogens with one attached hydrogen (secondary N) is 1. The van der Waals surface area contributed by atoms with E-state index in [1.807, 2.05) is 18.4 Å². The third-order valence-electron chi connectivity index (χ3n) is 2.04. The van der Waals surface area contributed by atoms with Crippen LogP contribution in [0.1, 0.15) is 30.9 Å². The fraction of sp³-hybridized carbons (Fsp3) is 0.364. The SMILES string of the molecule is CSC(=N)c1ccc(C(C)C)cc1. The fourth-order valence-electron chi connectivity index (χ4n) is 1.14. The quantitative estimate of drug-likeness (QED) is 0.564. The van der Waals surface area contributed by atoms with Crippen molar-refractivity contribution in [3.05, 3.63) is 35.4 Å². The minimum atomic E-state index is 0.567. The maximum absolute atomic E-state index is 7.62. The molecule has 0 saturated heterocycles. The third-order valence-corrected chi connectivity index (χ3v) is 2.69. The molecule has 0 saturated carbocycles. The Morgan fingerprint density at radius 3 is 2.15 bits per heavy atom. The zero-order chi connectivity index (χ0) is 9.84. The van der Waals surface area contributed by atoms with Gasteiger partial charge in [-0.1, -0.05) is 38.1 Å². The first-order chi connectivity index (χ1) is 6.15. The minimum absolute atomic E-state index is 0.567. The molecule has 70 valence electrons. The van der Waals surface area contributed by atoms with Crippen LogP contribution in [0.15, 0.2) is 24.3 Å². The van der Waals surface area contributed by atoms with E-state index in [1.54, 1.807) is 0 Å². The van der Waals surface area contributed by atoms with Gasteiger partial charge >= 0.3 is 0 Å². The molecule has 13 heavy (non-hydrogen) atoms. The van der Waals surface area contributed by atoms with Crippen LogP contribution in [0.25, 0.3) is 0 Å². The van der Waals surface area contributed by atoms with E-state index < -0.39 is 0 Å². The highest BCUT2D eigenvalue weighted by molar-refractivity contribution is 8.13. The summed E-state index contributed by atoms with van der Waals surface area (Å²) in [5.74, 6) is 0.567. The predicted molar refractivity (Wildman–Crippen MR) is 60.9 cm³/mol. The second-order valence-electron chi connectivity index (χ2n) is 3.31. The number of rotatable bonds is 2. The third kappa shape index (κ3) is 2.59. The Bertz CT molecular complexity index is 287. The Hall–Kier alpha value is -0.760. The highest BCUT2D eigenvalue weighted by atomic mass is 32.2. The van der Waals surface area contributed by atoms with Gasteiger partial charge < -0.3 is 0 Å². The summed E-state index contributed by atoms with van der Waals surface area (Å²) in [6, 6.07) is 8.25. The highest BCUT2D eigenvalue weighted by Gasteiger charge is 2.01. The van der Waals surface area contributed by atoms with Crippen molar-refractivity contribution in [2.75, 3.05) is 6.26 Å². The Morgan fingerprint density at radius 1 is 1.23 bits per heavy atom. The van der Waals surface area contributed by atoms with Crippen LogP contribution in [0.4, 0.5) is 0 Å². The first-order valence-corrected chi connectivity index (χ1v) is 5.60. The van der Waals surface area contributed by atoms with Crippen molar-refractivity contribution in [1.82, 2.24) is 0 Å². The van der Waals surface area contributed by atoms with Crippen molar-refractivity contribution >= 4 is 16.8 Å². The lowest BCUT2D eigenvalue weighted by molar-refractivity contribution is 0.866. The molecule has 0 spiro atoms. The second kappa shape index (κ2) is 4.47. The summed E-state index contributed by atoms with van der Waals surface area (Å²) in [5, 5.41) is 8.25. The number of thioether (sulfide) groups is 1. The molecule has 1 nitrogen and oxygen atoms in total. The summed E-state index contributed by atoms with van der Waals surface area (Å²) in [6.07, 6.45) is 1.93. The van der Waals surface area contributed by atoms with Gasteiger partial charge in [-0.05, 0) is 17.7 Å². The lowest BCUT2D eigenvalue weighted by Gasteiger charge is -2.06. The van der Waals surface area contributed by atoms with Crippen molar-refractivity contribution in [1.29, 1.82) is 5.41 Å². The molecule has 1 rings (SSSR count). The van der Waals surface area contributed by atoms with Gasteiger partial charge in [0.2, 0.25) is 0 Å². The average Bonchev–Trinajstić information content (AvgIpc) is 2.17. The monoisotopic (exact) mass is 193 g/mol. The van der Waals surface area contributed by atoms with E-state index in [9.17, 15) is 0 Å². The zero-order valence-corrected chi connectivity index (χ0v) is 9.11. The lowest BCUT2D eigenvalue weighted by Crippen LogP contribution is -1.93. The molecule has 1 aromatic rings. The van der Waals surface area contributed by atoms with E-state index in [-0.39, 0.29) is 0 Å². The summed E-state index contributed by atoms with van der Waals surface area (Å²) in [4.78, 5) is 0. The Kier molecular flexibility index (Phi) is 3.55. The Labute approximate surface area is 84.1 Å². The Morgan fingerprint density at radius 2 is 1.77 bits per heavy atom. The summed E-state index contributed by atoms with van der Waals surface area (Å²) in [5.41, 5.74) is 2.34. The van der Waals surface area contributed by atoms with Gasteiger partial charge in [0.1, 0.15) is 0 Å². The molecular formula is C11H15NS. The molecule has 0 aliphatic carbocycles. The first kappa shape index (κ1) is 10.3. The van der Waals surface area contributed by atoms with E-state index >= 15 is 0 Å². The van der Waals surface area contributed by atoms with Crippen molar-refractivity contribution in [2.24, 2.45) is 0 Å². The van der Waals surface area contributed by atoms with Crippen molar-refractivity contribution in [2.45, 2.75) is 19.8 Å². The maximum Gasteiger partial charge on any atom is 0.0939 e. The molecule has 0 atom stereocenters. The molecule has 0 amide bonds. The topological polar surface area (TPSA) is 23.9 Å². The van der Waals surface area contributed by atoms with Gasteiger partial charge in [-0.15, -0.1) is 11.8 Å². The second-order valence-corrected chi connectivity index (χ2v) is 4.13. The van der Waals surface area contributed by atoms with Crippen molar-refractivity contribution in [3.63, 3.8) is 0 Å². The number of hydrogen-bond donors (Lipinski definition) is 1. The molecule has 0 aliphatic heterocycles. The van der Waals surface area contributed by atoms with Gasteiger partial charge in [0.15, 0.2) is 0 Å². The molecule has 1 N–H and O–H groups in total. The van der Waals surface area contributed by atoms with Crippen LogP contribution in [-0.4, -0.2) is 11.3 Å². The van der Waals surface area contributed by atoms with Gasteiger partial charge in [0.05, 0.1) is 5.04 Å². The smallest absolute Gasteiger partial charge is 0.0939 e.